The van der Waals surface area contributed by atoms with Crippen molar-refractivity contribution in [1.29, 1.82) is 0 Å². The number of carbonyl (C=O) groups excluding carboxylic acids is 2. The first-order chi connectivity index (χ1) is 20.9. The molecule has 6 rings (SSSR count). The van der Waals surface area contributed by atoms with Gasteiger partial charge in [-0.2, -0.15) is 0 Å². The molecule has 0 bridgehead atoms. The lowest BCUT2D eigenvalue weighted by Crippen LogP contribution is -2.38. The Bertz CT molecular complexity index is 1640. The predicted molar refractivity (Wildman–Crippen MR) is 154 cm³/mol. The number of carbonyl (C=O) groups is 2. The van der Waals surface area contributed by atoms with Gasteiger partial charge < -0.3 is 14.2 Å². The van der Waals surface area contributed by atoms with Crippen LogP contribution in [-0.4, -0.2) is 65.9 Å². The Hall–Kier alpha value is -4.28. The van der Waals surface area contributed by atoms with Gasteiger partial charge in [-0.25, -0.2) is 13.8 Å². The molecule has 2 fully saturated rings. The van der Waals surface area contributed by atoms with Gasteiger partial charge in [-0.1, -0.05) is 18.2 Å². The van der Waals surface area contributed by atoms with Crippen molar-refractivity contribution in [3.63, 3.8) is 0 Å². The highest BCUT2D eigenvalue weighted by Gasteiger charge is 2.54. The number of Topliss-reactive ketones (excluding diaryl/α,β-unsaturated/α-hetero) is 2. The molecule has 1 aliphatic heterocycles. The molecule has 0 amide bonds. The molecule has 0 spiro atoms. The molecule has 8 nitrogen and oxygen atoms in total. The minimum atomic E-state index is -1.05. The Kier molecular flexibility index (Phi) is 8.40. The number of halogens is 2. The van der Waals surface area contributed by atoms with Gasteiger partial charge in [0.05, 0.1) is 29.5 Å². The van der Waals surface area contributed by atoms with Crippen LogP contribution >= 0.6 is 0 Å². The number of aromatic nitrogens is 2. The molecule has 0 unspecified atom stereocenters. The van der Waals surface area contributed by atoms with Crippen molar-refractivity contribution in [2.75, 3.05) is 39.5 Å². The summed E-state index contributed by atoms with van der Waals surface area (Å²) in [5, 5.41) is 0.594. The number of hydrogen-bond acceptors (Lipinski definition) is 8. The first-order valence-corrected chi connectivity index (χ1v) is 14.3. The number of ether oxygens (including phenoxy) is 3. The second kappa shape index (κ2) is 12.5. The van der Waals surface area contributed by atoms with Gasteiger partial charge in [-0.3, -0.25) is 19.5 Å². The number of rotatable bonds is 12. The van der Waals surface area contributed by atoms with Crippen LogP contribution in [0.25, 0.3) is 10.9 Å². The third-order valence-corrected chi connectivity index (χ3v) is 8.00. The quantitative estimate of drug-likeness (QED) is 0.211. The zero-order valence-electron chi connectivity index (χ0n) is 23.6. The molecule has 43 heavy (non-hydrogen) atoms. The normalized spacial score (nSPS) is 16.1. The fraction of sp³-hybridized carbons (Fsp3) is 0.333. The van der Waals surface area contributed by atoms with Crippen molar-refractivity contribution < 1.29 is 32.6 Å². The lowest BCUT2D eigenvalue weighted by Gasteiger charge is -2.26. The highest BCUT2D eigenvalue weighted by molar-refractivity contribution is 6.10. The maximum absolute atomic E-state index is 15.1. The summed E-state index contributed by atoms with van der Waals surface area (Å²) in [6.45, 7) is 4.47. The summed E-state index contributed by atoms with van der Waals surface area (Å²) in [7, 11) is 0. The van der Waals surface area contributed by atoms with Gasteiger partial charge in [0.25, 0.3) is 0 Å². The number of morpholine rings is 1. The average Bonchev–Trinajstić information content (AvgIpc) is 3.83. The predicted octanol–water partition coefficient (Wildman–Crippen LogP) is 5.11. The minimum absolute atomic E-state index is 0.0111. The average molecular weight is 588 g/mol. The summed E-state index contributed by atoms with van der Waals surface area (Å²) in [6, 6.07) is 13.4. The molecule has 2 aliphatic rings. The number of hydrogen-bond donors (Lipinski definition) is 0. The lowest BCUT2D eigenvalue weighted by atomic mass is 9.88. The van der Waals surface area contributed by atoms with E-state index in [0.717, 1.165) is 32.8 Å². The number of nitrogens with zero attached hydrogens (tertiary/aromatic N) is 3. The third kappa shape index (κ3) is 6.71. The summed E-state index contributed by atoms with van der Waals surface area (Å²) >= 11 is 0. The SMILES string of the molecule is O=C(Cc1ccc(F)cc1)C1(C(=O)Cc2ccc(Oc3ccnc4cc(OCCN5CCOCC5)ncc34)c(F)c2)CC1. The van der Waals surface area contributed by atoms with Gasteiger partial charge in [0.15, 0.2) is 23.1 Å². The van der Waals surface area contributed by atoms with Crippen LogP contribution in [0.5, 0.6) is 17.4 Å². The van der Waals surface area contributed by atoms with Crippen LogP contribution in [0.1, 0.15) is 24.0 Å². The Morgan fingerprint density at radius 2 is 1.60 bits per heavy atom. The second-order valence-electron chi connectivity index (χ2n) is 10.9. The van der Waals surface area contributed by atoms with E-state index in [-0.39, 0.29) is 36.0 Å². The Morgan fingerprint density at radius 3 is 2.33 bits per heavy atom. The zero-order valence-corrected chi connectivity index (χ0v) is 23.6. The Balaban J connectivity index is 1.08. The van der Waals surface area contributed by atoms with Gasteiger partial charge in [-0.15, -0.1) is 0 Å². The van der Waals surface area contributed by atoms with Gasteiger partial charge >= 0.3 is 0 Å². The van der Waals surface area contributed by atoms with E-state index in [4.69, 9.17) is 14.2 Å². The van der Waals surface area contributed by atoms with Crippen molar-refractivity contribution in [3.8, 4) is 17.4 Å². The molecule has 3 heterocycles. The van der Waals surface area contributed by atoms with Gasteiger partial charge in [0, 0.05) is 50.9 Å². The molecule has 0 N–H and O–H groups in total. The molecule has 4 aromatic rings. The molecule has 2 aromatic carbocycles. The molecule has 222 valence electrons. The lowest BCUT2D eigenvalue weighted by molar-refractivity contribution is -0.133. The Morgan fingerprint density at radius 1 is 0.884 bits per heavy atom. The maximum atomic E-state index is 15.1. The number of benzene rings is 2. The van der Waals surface area contributed by atoms with Crippen LogP contribution in [0.15, 0.2) is 67.0 Å². The van der Waals surface area contributed by atoms with E-state index in [1.165, 1.54) is 24.3 Å². The topological polar surface area (TPSA) is 90.9 Å². The molecule has 1 saturated carbocycles. The summed E-state index contributed by atoms with van der Waals surface area (Å²) in [5.74, 6) is -0.628. The van der Waals surface area contributed by atoms with E-state index in [0.29, 0.717) is 53.1 Å². The smallest absolute Gasteiger partial charge is 0.215 e. The number of ketones is 2. The highest BCUT2D eigenvalue weighted by Crippen LogP contribution is 2.49. The molecular formula is C33H31F2N3O5. The van der Waals surface area contributed by atoms with Crippen molar-refractivity contribution >= 4 is 22.5 Å². The van der Waals surface area contributed by atoms with Crippen LogP contribution in [-0.2, 0) is 27.2 Å². The van der Waals surface area contributed by atoms with E-state index in [1.807, 2.05) is 0 Å². The summed E-state index contributed by atoms with van der Waals surface area (Å²) in [4.78, 5) is 37.1. The monoisotopic (exact) mass is 587 g/mol. The second-order valence-corrected chi connectivity index (χ2v) is 10.9. The molecule has 1 saturated heterocycles. The highest BCUT2D eigenvalue weighted by atomic mass is 19.1. The first-order valence-electron chi connectivity index (χ1n) is 14.3. The van der Waals surface area contributed by atoms with Crippen molar-refractivity contribution in [1.82, 2.24) is 14.9 Å². The number of pyridine rings is 2. The molecule has 0 radical (unpaired) electrons. The first kappa shape index (κ1) is 28.8. The minimum Gasteiger partial charge on any atom is -0.476 e. The summed E-state index contributed by atoms with van der Waals surface area (Å²) in [6.07, 6.45) is 4.09. The van der Waals surface area contributed by atoms with Crippen LogP contribution in [0.4, 0.5) is 8.78 Å². The van der Waals surface area contributed by atoms with Crippen LogP contribution < -0.4 is 9.47 Å². The van der Waals surface area contributed by atoms with Crippen LogP contribution in [0.3, 0.4) is 0 Å². The van der Waals surface area contributed by atoms with E-state index >= 15 is 4.39 Å². The molecule has 10 heteroatoms. The largest absolute Gasteiger partial charge is 0.476 e. The summed E-state index contributed by atoms with van der Waals surface area (Å²) < 4.78 is 45.4. The van der Waals surface area contributed by atoms with E-state index in [2.05, 4.69) is 14.9 Å². The van der Waals surface area contributed by atoms with Crippen LogP contribution in [0, 0.1) is 17.0 Å². The third-order valence-electron chi connectivity index (χ3n) is 8.00. The van der Waals surface area contributed by atoms with Crippen molar-refractivity contribution in [2.45, 2.75) is 25.7 Å². The van der Waals surface area contributed by atoms with E-state index in [9.17, 15) is 14.0 Å². The van der Waals surface area contributed by atoms with Crippen molar-refractivity contribution in [3.05, 3.63) is 89.8 Å². The molecule has 0 atom stereocenters. The fourth-order valence-corrected chi connectivity index (χ4v) is 5.28. The van der Waals surface area contributed by atoms with Gasteiger partial charge in [-0.05, 0) is 54.3 Å². The molecular weight excluding hydrogens is 556 g/mol. The fourth-order valence-electron chi connectivity index (χ4n) is 5.28. The van der Waals surface area contributed by atoms with E-state index in [1.54, 1.807) is 42.7 Å². The Labute approximate surface area is 247 Å². The molecule has 1 aliphatic carbocycles. The van der Waals surface area contributed by atoms with E-state index < -0.39 is 11.2 Å². The van der Waals surface area contributed by atoms with Gasteiger partial charge in [0.2, 0.25) is 5.88 Å². The van der Waals surface area contributed by atoms with Crippen LogP contribution in [0.2, 0.25) is 0 Å². The van der Waals surface area contributed by atoms with Gasteiger partial charge in [0.1, 0.15) is 18.2 Å². The standard InChI is InChI=1S/C33H31F2N3O5/c34-24-4-1-22(2-5-24)18-30(39)33(8-9-33)31(40)19-23-3-6-29(26(35)17-23)43-28-7-10-36-27-20-32(37-21-25(27)28)42-16-13-38-11-14-41-15-12-38/h1-7,10,17,20-21H,8-9,11-16,18-19H2. The zero-order chi connectivity index (χ0) is 29.8. The maximum Gasteiger partial charge on any atom is 0.215 e. The number of fused-ring (bicyclic) bond motifs is 1. The summed E-state index contributed by atoms with van der Waals surface area (Å²) in [5.41, 5.74) is 0.658. The van der Waals surface area contributed by atoms with Crippen molar-refractivity contribution in [2.24, 2.45) is 5.41 Å². The molecule has 2 aromatic heterocycles.